The molecule has 6 nitrogen and oxygen atoms in total. The second-order valence-corrected chi connectivity index (χ2v) is 6.73. The Labute approximate surface area is 140 Å². The van der Waals surface area contributed by atoms with E-state index in [1.165, 1.54) is 0 Å². The van der Waals surface area contributed by atoms with Crippen LogP contribution in [-0.4, -0.2) is 45.8 Å². The van der Waals surface area contributed by atoms with Gasteiger partial charge in [0.15, 0.2) is 0 Å². The number of nitrogens with zero attached hydrogens (tertiary/aromatic N) is 3. The van der Waals surface area contributed by atoms with Crippen LogP contribution in [0.2, 0.25) is 0 Å². The maximum absolute atomic E-state index is 12.7. The molecule has 2 aliphatic rings. The summed E-state index contributed by atoms with van der Waals surface area (Å²) >= 11 is 0. The van der Waals surface area contributed by atoms with Gasteiger partial charge in [-0.25, -0.2) is 0 Å². The summed E-state index contributed by atoms with van der Waals surface area (Å²) in [7, 11) is 0. The average Bonchev–Trinajstić information content (AvgIpc) is 3.38. The van der Waals surface area contributed by atoms with Crippen molar-refractivity contribution < 1.29 is 14.4 Å². The molecule has 1 saturated carbocycles. The van der Waals surface area contributed by atoms with Gasteiger partial charge >= 0.3 is 0 Å². The Morgan fingerprint density at radius 3 is 2.75 bits per heavy atom. The normalized spacial score (nSPS) is 18.8. The maximum atomic E-state index is 12.7. The molecule has 0 atom stereocenters. The molecule has 1 amide bonds. The Balaban J connectivity index is 1.50. The zero-order valence-corrected chi connectivity index (χ0v) is 13.5. The number of likely N-dealkylation sites (tertiary alicyclic amines) is 1. The van der Waals surface area contributed by atoms with Crippen molar-refractivity contribution in [3.63, 3.8) is 0 Å². The van der Waals surface area contributed by atoms with Crippen LogP contribution in [-0.2, 0) is 0 Å². The van der Waals surface area contributed by atoms with Gasteiger partial charge in [0, 0.05) is 36.7 Å². The predicted octanol–water partition coefficient (Wildman–Crippen LogP) is 2.46. The average molecular weight is 327 g/mol. The van der Waals surface area contributed by atoms with Crippen molar-refractivity contribution in [2.45, 2.75) is 31.6 Å². The molecule has 1 aromatic heterocycles. The lowest BCUT2D eigenvalue weighted by Crippen LogP contribution is -2.39. The van der Waals surface area contributed by atoms with Gasteiger partial charge in [0.1, 0.15) is 0 Å². The highest BCUT2D eigenvalue weighted by Gasteiger charge is 2.30. The van der Waals surface area contributed by atoms with Gasteiger partial charge in [0.25, 0.3) is 5.91 Å². The molecule has 0 bridgehead atoms. The van der Waals surface area contributed by atoms with Crippen LogP contribution in [0.15, 0.2) is 28.8 Å². The van der Waals surface area contributed by atoms with E-state index in [9.17, 15) is 9.90 Å². The Hall–Kier alpha value is -2.21. The van der Waals surface area contributed by atoms with Gasteiger partial charge in [0.05, 0.1) is 0 Å². The number of benzene rings is 1. The highest BCUT2D eigenvalue weighted by molar-refractivity contribution is 5.95. The Morgan fingerprint density at radius 2 is 2.04 bits per heavy atom. The van der Waals surface area contributed by atoms with Gasteiger partial charge in [-0.3, -0.25) is 4.79 Å². The highest BCUT2D eigenvalue weighted by atomic mass is 16.5. The lowest BCUT2D eigenvalue weighted by Gasteiger charge is -2.31. The van der Waals surface area contributed by atoms with Gasteiger partial charge in [-0.05, 0) is 43.7 Å². The lowest BCUT2D eigenvalue weighted by molar-refractivity contribution is 0.0651. The summed E-state index contributed by atoms with van der Waals surface area (Å²) in [5.41, 5.74) is 1.45. The van der Waals surface area contributed by atoms with Gasteiger partial charge in [-0.1, -0.05) is 17.3 Å². The molecule has 1 aliphatic carbocycles. The summed E-state index contributed by atoms with van der Waals surface area (Å²) in [4.78, 5) is 19.0. The fourth-order valence-electron chi connectivity index (χ4n) is 3.14. The predicted molar refractivity (Wildman–Crippen MR) is 87.4 cm³/mol. The molecule has 1 aliphatic heterocycles. The SMILES string of the molecule is O=C(c1cccc(-c2noc(C3CC3)n2)c1)N1CCC(CO)CC1. The van der Waals surface area contributed by atoms with Crippen LogP contribution in [0.25, 0.3) is 11.4 Å². The van der Waals surface area contributed by atoms with Crippen molar-refractivity contribution in [1.29, 1.82) is 0 Å². The Bertz CT molecular complexity index is 731. The van der Waals surface area contributed by atoms with Crippen molar-refractivity contribution in [3.8, 4) is 11.4 Å². The molecule has 24 heavy (non-hydrogen) atoms. The molecule has 0 radical (unpaired) electrons. The molecule has 126 valence electrons. The molecule has 2 fully saturated rings. The van der Waals surface area contributed by atoms with Crippen LogP contribution in [0, 0.1) is 5.92 Å². The Kier molecular flexibility index (Phi) is 4.06. The molecule has 1 saturated heterocycles. The van der Waals surface area contributed by atoms with E-state index < -0.39 is 0 Å². The van der Waals surface area contributed by atoms with Crippen LogP contribution in [0.1, 0.15) is 47.8 Å². The number of hydrogen-bond acceptors (Lipinski definition) is 5. The quantitative estimate of drug-likeness (QED) is 0.933. The van der Waals surface area contributed by atoms with E-state index in [4.69, 9.17) is 4.52 Å². The number of aliphatic hydroxyl groups excluding tert-OH is 1. The highest BCUT2D eigenvalue weighted by Crippen LogP contribution is 2.39. The molecule has 1 N–H and O–H groups in total. The summed E-state index contributed by atoms with van der Waals surface area (Å²) in [5.74, 6) is 2.02. The minimum absolute atomic E-state index is 0.0270. The molecular formula is C18H21N3O3. The fourth-order valence-corrected chi connectivity index (χ4v) is 3.14. The number of piperidine rings is 1. The smallest absolute Gasteiger partial charge is 0.253 e. The third-order valence-electron chi connectivity index (χ3n) is 4.90. The number of aliphatic hydroxyl groups is 1. The second kappa shape index (κ2) is 6.36. The second-order valence-electron chi connectivity index (χ2n) is 6.73. The summed E-state index contributed by atoms with van der Waals surface area (Å²) < 4.78 is 5.30. The lowest BCUT2D eigenvalue weighted by atomic mass is 9.97. The summed E-state index contributed by atoms with van der Waals surface area (Å²) in [6, 6.07) is 7.42. The fraction of sp³-hybridized carbons (Fsp3) is 0.500. The van der Waals surface area contributed by atoms with Crippen LogP contribution in [0.4, 0.5) is 0 Å². The minimum Gasteiger partial charge on any atom is -0.396 e. The first kappa shape index (κ1) is 15.3. The summed E-state index contributed by atoms with van der Waals surface area (Å²) in [5, 5.41) is 13.3. The van der Waals surface area contributed by atoms with Gasteiger partial charge in [-0.15, -0.1) is 0 Å². The van der Waals surface area contributed by atoms with E-state index in [0.717, 1.165) is 31.2 Å². The Morgan fingerprint density at radius 1 is 1.25 bits per heavy atom. The van der Waals surface area contributed by atoms with Gasteiger partial charge in [0.2, 0.25) is 11.7 Å². The number of hydrogen-bond donors (Lipinski definition) is 1. The number of amides is 1. The zero-order valence-electron chi connectivity index (χ0n) is 13.5. The van der Waals surface area contributed by atoms with Crippen molar-refractivity contribution in [2.75, 3.05) is 19.7 Å². The molecule has 0 spiro atoms. The number of carbonyl (C=O) groups excluding carboxylic acids is 1. The third-order valence-corrected chi connectivity index (χ3v) is 4.90. The number of rotatable bonds is 4. The largest absolute Gasteiger partial charge is 0.396 e. The van der Waals surface area contributed by atoms with Crippen LogP contribution < -0.4 is 0 Å². The van der Waals surface area contributed by atoms with Crippen LogP contribution in [0.3, 0.4) is 0 Å². The first-order valence-electron chi connectivity index (χ1n) is 8.59. The minimum atomic E-state index is 0.0270. The van der Waals surface area contributed by atoms with E-state index in [1.54, 1.807) is 0 Å². The zero-order chi connectivity index (χ0) is 16.5. The van der Waals surface area contributed by atoms with E-state index in [-0.39, 0.29) is 12.5 Å². The van der Waals surface area contributed by atoms with E-state index in [1.807, 2.05) is 29.2 Å². The number of aromatic nitrogens is 2. The molecule has 2 aromatic rings. The summed E-state index contributed by atoms with van der Waals surface area (Å²) in [6.07, 6.45) is 3.95. The molecule has 6 heteroatoms. The first-order valence-corrected chi connectivity index (χ1v) is 8.59. The van der Waals surface area contributed by atoms with E-state index in [0.29, 0.717) is 42.2 Å². The number of carbonyl (C=O) groups is 1. The van der Waals surface area contributed by atoms with Crippen LogP contribution >= 0.6 is 0 Å². The monoisotopic (exact) mass is 327 g/mol. The van der Waals surface area contributed by atoms with Crippen molar-refractivity contribution in [3.05, 3.63) is 35.7 Å². The van der Waals surface area contributed by atoms with Gasteiger partial charge in [-0.2, -0.15) is 4.98 Å². The van der Waals surface area contributed by atoms with Crippen LogP contribution in [0.5, 0.6) is 0 Å². The standard InChI is InChI=1S/C18H21N3O3/c22-11-12-6-8-21(9-7-12)18(23)15-3-1-2-14(10-15)16-19-17(24-20-16)13-4-5-13/h1-3,10,12-13,22H,4-9,11H2. The molecular weight excluding hydrogens is 306 g/mol. The van der Waals surface area contributed by atoms with Gasteiger partial charge < -0.3 is 14.5 Å². The van der Waals surface area contributed by atoms with E-state index >= 15 is 0 Å². The maximum Gasteiger partial charge on any atom is 0.253 e. The first-order chi connectivity index (χ1) is 11.7. The van der Waals surface area contributed by atoms with Crippen molar-refractivity contribution in [2.24, 2.45) is 5.92 Å². The molecule has 1 aromatic carbocycles. The summed E-state index contributed by atoms with van der Waals surface area (Å²) in [6.45, 7) is 1.60. The topological polar surface area (TPSA) is 79.5 Å². The van der Waals surface area contributed by atoms with E-state index in [2.05, 4.69) is 10.1 Å². The molecule has 4 rings (SSSR count). The molecule has 2 heterocycles. The van der Waals surface area contributed by atoms with Crippen molar-refractivity contribution >= 4 is 5.91 Å². The van der Waals surface area contributed by atoms with Crippen molar-refractivity contribution in [1.82, 2.24) is 15.0 Å². The third kappa shape index (κ3) is 3.06. The molecule has 0 unspecified atom stereocenters.